The fourth-order valence-electron chi connectivity index (χ4n) is 3.06. The third kappa shape index (κ3) is 2.85. The summed E-state index contributed by atoms with van der Waals surface area (Å²) in [6, 6.07) is 19.7. The predicted octanol–water partition coefficient (Wildman–Crippen LogP) is 3.30. The van der Waals surface area contributed by atoms with E-state index in [0.29, 0.717) is 13.1 Å². The number of rotatable bonds is 3. The topological polar surface area (TPSA) is 45.1 Å². The van der Waals surface area contributed by atoms with Gasteiger partial charge in [0.15, 0.2) is 0 Å². The van der Waals surface area contributed by atoms with Gasteiger partial charge in [-0.3, -0.25) is 0 Å². The Morgan fingerprint density at radius 3 is 2.38 bits per heavy atom. The first-order chi connectivity index (χ1) is 11.8. The molecule has 1 fully saturated rings. The van der Waals surface area contributed by atoms with Crippen LogP contribution in [-0.4, -0.2) is 41.3 Å². The third-order valence-corrected chi connectivity index (χ3v) is 4.37. The molecule has 0 N–H and O–H groups in total. The highest BCUT2D eigenvalue weighted by atomic mass is 16.5. The van der Waals surface area contributed by atoms with Crippen molar-refractivity contribution in [2.75, 3.05) is 13.1 Å². The number of carbonyl (C=O) groups is 1. The average molecular weight is 321 g/mol. The van der Waals surface area contributed by atoms with Crippen molar-refractivity contribution in [3.8, 4) is 5.75 Å². The summed E-state index contributed by atoms with van der Waals surface area (Å²) in [4.78, 5) is 14.5. The zero-order chi connectivity index (χ0) is 16.4. The van der Waals surface area contributed by atoms with Crippen molar-refractivity contribution in [1.29, 1.82) is 0 Å². The van der Waals surface area contributed by atoms with Gasteiger partial charge in [0.05, 0.1) is 19.1 Å². The molecule has 0 saturated carbocycles. The molecule has 0 spiro atoms. The Bertz CT molecular complexity index is 727. The molecule has 0 bridgehead atoms. The van der Waals surface area contributed by atoms with Gasteiger partial charge in [0, 0.05) is 12.6 Å². The van der Waals surface area contributed by atoms with Crippen LogP contribution in [0.5, 0.6) is 5.75 Å². The van der Waals surface area contributed by atoms with Gasteiger partial charge in [0.2, 0.25) is 0 Å². The minimum absolute atomic E-state index is 0.00667. The van der Waals surface area contributed by atoms with Crippen molar-refractivity contribution < 1.29 is 9.53 Å². The van der Waals surface area contributed by atoms with Gasteiger partial charge in [0.1, 0.15) is 11.9 Å². The molecule has 0 unspecified atom stereocenters. The Labute approximate surface area is 141 Å². The van der Waals surface area contributed by atoms with E-state index in [1.807, 2.05) is 66.9 Å². The fraction of sp³-hybridized carbons (Fsp3) is 0.263. The first-order valence-electron chi connectivity index (χ1n) is 8.18. The molecule has 1 atom stereocenters. The molecule has 2 heterocycles. The van der Waals surface area contributed by atoms with E-state index in [4.69, 9.17) is 4.74 Å². The lowest BCUT2D eigenvalue weighted by molar-refractivity contribution is 0.0277. The SMILES string of the molecule is O=C(N1CC(Oc2ccccc2)C1)N1N=CC[C@@H]1c1ccccc1. The van der Waals surface area contributed by atoms with Gasteiger partial charge in [-0.15, -0.1) is 0 Å². The number of amides is 2. The summed E-state index contributed by atoms with van der Waals surface area (Å²) in [5.74, 6) is 0.843. The molecule has 0 aromatic heterocycles. The first-order valence-corrected chi connectivity index (χ1v) is 8.18. The average Bonchev–Trinajstić information content (AvgIpc) is 3.09. The van der Waals surface area contributed by atoms with Gasteiger partial charge < -0.3 is 9.64 Å². The summed E-state index contributed by atoms with van der Waals surface area (Å²) in [6.07, 6.45) is 2.62. The van der Waals surface area contributed by atoms with Crippen molar-refractivity contribution in [1.82, 2.24) is 9.91 Å². The zero-order valence-corrected chi connectivity index (χ0v) is 13.3. The highest BCUT2D eigenvalue weighted by Crippen LogP contribution is 2.30. The van der Waals surface area contributed by atoms with Gasteiger partial charge in [-0.1, -0.05) is 48.5 Å². The number of carbonyl (C=O) groups excluding carboxylic acids is 1. The molecular weight excluding hydrogens is 302 g/mol. The smallest absolute Gasteiger partial charge is 0.341 e. The van der Waals surface area contributed by atoms with Crippen LogP contribution in [0.15, 0.2) is 65.8 Å². The summed E-state index contributed by atoms with van der Waals surface area (Å²) < 4.78 is 5.85. The van der Waals surface area contributed by atoms with E-state index in [2.05, 4.69) is 5.10 Å². The van der Waals surface area contributed by atoms with Gasteiger partial charge in [-0.2, -0.15) is 5.10 Å². The molecular formula is C19H19N3O2. The summed E-state index contributed by atoms with van der Waals surface area (Å²) in [7, 11) is 0. The molecule has 5 nitrogen and oxygen atoms in total. The Hall–Kier alpha value is -2.82. The van der Waals surface area contributed by atoms with Gasteiger partial charge in [-0.25, -0.2) is 9.80 Å². The lowest BCUT2D eigenvalue weighted by Crippen LogP contribution is -2.58. The van der Waals surface area contributed by atoms with Crippen LogP contribution >= 0.6 is 0 Å². The Balaban J connectivity index is 1.36. The minimum Gasteiger partial charge on any atom is -0.487 e. The molecule has 0 aliphatic carbocycles. The third-order valence-electron chi connectivity index (χ3n) is 4.37. The van der Waals surface area contributed by atoms with E-state index >= 15 is 0 Å². The van der Waals surface area contributed by atoms with Gasteiger partial charge in [-0.05, 0) is 17.7 Å². The fourth-order valence-corrected chi connectivity index (χ4v) is 3.06. The Morgan fingerprint density at radius 1 is 1.00 bits per heavy atom. The summed E-state index contributed by atoms with van der Waals surface area (Å²) in [5, 5.41) is 5.87. The van der Waals surface area contributed by atoms with Crippen LogP contribution in [0, 0.1) is 0 Å². The number of likely N-dealkylation sites (tertiary alicyclic amines) is 1. The molecule has 2 aliphatic rings. The minimum atomic E-state index is -0.0504. The second-order valence-electron chi connectivity index (χ2n) is 6.05. The molecule has 4 rings (SSSR count). The molecule has 24 heavy (non-hydrogen) atoms. The van der Waals surface area contributed by atoms with Crippen LogP contribution in [0.2, 0.25) is 0 Å². The lowest BCUT2D eigenvalue weighted by atomic mass is 10.0. The number of hydrogen-bond acceptors (Lipinski definition) is 3. The zero-order valence-electron chi connectivity index (χ0n) is 13.3. The summed E-state index contributed by atoms with van der Waals surface area (Å²) in [5.41, 5.74) is 1.11. The Kier molecular flexibility index (Phi) is 3.91. The largest absolute Gasteiger partial charge is 0.487 e. The number of benzene rings is 2. The lowest BCUT2D eigenvalue weighted by Gasteiger charge is -2.41. The number of ether oxygens (including phenoxy) is 1. The van der Waals surface area contributed by atoms with Crippen LogP contribution in [0.1, 0.15) is 18.0 Å². The maximum Gasteiger partial charge on any atom is 0.341 e. The van der Waals surface area contributed by atoms with Crippen molar-refractivity contribution in [2.45, 2.75) is 18.6 Å². The quantitative estimate of drug-likeness (QED) is 0.870. The molecule has 2 amide bonds. The molecule has 0 radical (unpaired) electrons. The monoisotopic (exact) mass is 321 g/mol. The first kappa shape index (κ1) is 14.8. The maximum absolute atomic E-state index is 12.7. The van der Waals surface area contributed by atoms with Gasteiger partial charge >= 0.3 is 6.03 Å². The number of hydrazone groups is 1. The van der Waals surface area contributed by atoms with E-state index in [1.54, 1.807) is 9.91 Å². The van der Waals surface area contributed by atoms with Crippen molar-refractivity contribution >= 4 is 12.2 Å². The number of nitrogens with zero attached hydrogens (tertiary/aromatic N) is 3. The summed E-state index contributed by atoms with van der Waals surface area (Å²) >= 11 is 0. The molecule has 5 heteroatoms. The highest BCUT2D eigenvalue weighted by molar-refractivity contribution is 5.79. The second-order valence-corrected chi connectivity index (χ2v) is 6.05. The molecule has 122 valence electrons. The summed E-state index contributed by atoms with van der Waals surface area (Å²) in [6.45, 7) is 1.20. The Morgan fingerprint density at radius 2 is 1.67 bits per heavy atom. The van der Waals surface area contributed by atoms with E-state index in [0.717, 1.165) is 17.7 Å². The van der Waals surface area contributed by atoms with Crippen LogP contribution in [0.3, 0.4) is 0 Å². The molecule has 2 aromatic carbocycles. The second kappa shape index (κ2) is 6.35. The molecule has 1 saturated heterocycles. The van der Waals surface area contributed by atoms with Crippen molar-refractivity contribution in [3.63, 3.8) is 0 Å². The van der Waals surface area contributed by atoms with Crippen molar-refractivity contribution in [2.24, 2.45) is 5.10 Å². The maximum atomic E-state index is 12.7. The van der Waals surface area contributed by atoms with Gasteiger partial charge in [0.25, 0.3) is 0 Å². The number of para-hydroxylation sites is 1. The number of hydrogen-bond donors (Lipinski definition) is 0. The van der Waals surface area contributed by atoms with E-state index in [9.17, 15) is 4.79 Å². The van der Waals surface area contributed by atoms with E-state index in [-0.39, 0.29) is 18.2 Å². The standard InChI is InChI=1S/C19H19N3O2/c23-19(21-13-17(14-21)24-16-9-5-2-6-10-16)22-18(11-12-20-22)15-7-3-1-4-8-15/h1-10,12,17-18H,11,13-14H2/t18-/m1/s1. The normalized spacial score (nSPS) is 20.1. The highest BCUT2D eigenvalue weighted by Gasteiger charge is 2.38. The van der Waals surface area contributed by atoms with Crippen LogP contribution < -0.4 is 4.74 Å². The van der Waals surface area contributed by atoms with Crippen LogP contribution in [0.4, 0.5) is 4.79 Å². The van der Waals surface area contributed by atoms with E-state index in [1.165, 1.54) is 0 Å². The molecule has 2 aliphatic heterocycles. The van der Waals surface area contributed by atoms with Crippen LogP contribution in [-0.2, 0) is 0 Å². The van der Waals surface area contributed by atoms with Crippen LogP contribution in [0.25, 0.3) is 0 Å². The predicted molar refractivity (Wildman–Crippen MR) is 92.0 cm³/mol. The molecule has 2 aromatic rings. The van der Waals surface area contributed by atoms with Crippen molar-refractivity contribution in [3.05, 3.63) is 66.2 Å². The number of urea groups is 1. The van der Waals surface area contributed by atoms with E-state index < -0.39 is 0 Å².